The van der Waals surface area contributed by atoms with Gasteiger partial charge < -0.3 is 10.4 Å². The molecule has 0 fully saturated rings. The summed E-state index contributed by atoms with van der Waals surface area (Å²) in [4.78, 5) is 22.5. The number of carbonyl (C=O) groups excluding carboxylic acids is 1. The van der Waals surface area contributed by atoms with Gasteiger partial charge in [-0.3, -0.25) is 9.59 Å². The van der Waals surface area contributed by atoms with Crippen molar-refractivity contribution in [2.75, 3.05) is 5.32 Å². The van der Waals surface area contributed by atoms with Crippen LogP contribution >= 0.6 is 0 Å². The number of amides is 1. The highest BCUT2D eigenvalue weighted by molar-refractivity contribution is 6.04. The summed E-state index contributed by atoms with van der Waals surface area (Å²) in [6.07, 6.45) is 4.28. The maximum Gasteiger partial charge on any atom is 0.315 e. The summed E-state index contributed by atoms with van der Waals surface area (Å²) >= 11 is 0. The second kappa shape index (κ2) is 5.21. The fourth-order valence-corrected chi connectivity index (χ4v) is 2.25. The molecule has 0 aliphatic heterocycles. The number of hydrogen-bond acceptors (Lipinski definition) is 2. The van der Waals surface area contributed by atoms with Gasteiger partial charge in [0.15, 0.2) is 0 Å². The smallest absolute Gasteiger partial charge is 0.315 e. The van der Waals surface area contributed by atoms with Crippen LogP contribution in [0, 0.1) is 5.92 Å². The minimum absolute atomic E-state index is 0.457. The van der Waals surface area contributed by atoms with Crippen molar-refractivity contribution in [1.29, 1.82) is 0 Å². The molecule has 0 bridgehead atoms. The molecule has 0 spiro atoms. The Morgan fingerprint density at radius 3 is 2.72 bits per heavy atom. The number of hydrogen-bond donors (Lipinski definition) is 2. The Labute approximate surface area is 106 Å². The van der Waals surface area contributed by atoms with Crippen molar-refractivity contribution in [2.45, 2.75) is 32.6 Å². The van der Waals surface area contributed by atoms with E-state index in [1.165, 1.54) is 18.9 Å². The first-order chi connectivity index (χ1) is 8.59. The lowest BCUT2D eigenvalue weighted by Crippen LogP contribution is -2.27. The molecule has 2 N–H and O–H groups in total. The molecule has 0 saturated carbocycles. The number of carbonyl (C=O) groups is 2. The van der Waals surface area contributed by atoms with E-state index in [0.717, 1.165) is 30.5 Å². The standard InChI is InChI=1S/C14H17NO3/c1-9(14(17)18)13(16)15-12-8-4-6-10-5-2-3-7-11(10)12/h4,6,8-9H,2-3,5,7H2,1H3,(H,15,16)(H,17,18). The molecule has 0 saturated heterocycles. The number of aryl methyl sites for hydroxylation is 1. The van der Waals surface area contributed by atoms with E-state index in [2.05, 4.69) is 11.4 Å². The summed E-state index contributed by atoms with van der Waals surface area (Å²) in [6.45, 7) is 1.40. The summed E-state index contributed by atoms with van der Waals surface area (Å²) < 4.78 is 0. The number of rotatable bonds is 3. The second-order valence-electron chi connectivity index (χ2n) is 4.70. The maximum absolute atomic E-state index is 11.7. The Balaban J connectivity index is 2.19. The number of carboxylic acid groups (broad SMARTS) is 1. The topological polar surface area (TPSA) is 66.4 Å². The van der Waals surface area contributed by atoms with Gasteiger partial charge in [-0.1, -0.05) is 12.1 Å². The summed E-state index contributed by atoms with van der Waals surface area (Å²) in [6, 6.07) is 5.83. The van der Waals surface area contributed by atoms with Crippen LogP contribution in [0.5, 0.6) is 0 Å². The molecule has 18 heavy (non-hydrogen) atoms. The highest BCUT2D eigenvalue weighted by Crippen LogP contribution is 2.28. The molecule has 1 aliphatic carbocycles. The molecule has 0 radical (unpaired) electrons. The van der Waals surface area contributed by atoms with Gasteiger partial charge in [0.25, 0.3) is 0 Å². The van der Waals surface area contributed by atoms with Crippen LogP contribution in [0.1, 0.15) is 30.9 Å². The zero-order valence-electron chi connectivity index (χ0n) is 10.4. The quantitative estimate of drug-likeness (QED) is 0.805. The molecule has 1 aromatic rings. The Bertz CT molecular complexity index is 482. The van der Waals surface area contributed by atoms with Crippen molar-refractivity contribution in [1.82, 2.24) is 0 Å². The molecule has 2 rings (SSSR count). The number of nitrogens with one attached hydrogen (secondary N) is 1. The van der Waals surface area contributed by atoms with E-state index in [-0.39, 0.29) is 0 Å². The first-order valence-electron chi connectivity index (χ1n) is 6.24. The summed E-state index contributed by atoms with van der Waals surface area (Å²) in [5.74, 6) is -2.58. The Hall–Kier alpha value is -1.84. The van der Waals surface area contributed by atoms with Crippen LogP contribution in [-0.2, 0) is 22.4 Å². The minimum atomic E-state index is -1.10. The van der Waals surface area contributed by atoms with Gasteiger partial charge in [-0.05, 0) is 49.8 Å². The largest absolute Gasteiger partial charge is 0.481 e. The van der Waals surface area contributed by atoms with Gasteiger partial charge in [0.1, 0.15) is 5.92 Å². The first kappa shape index (κ1) is 12.6. The third-order valence-corrected chi connectivity index (χ3v) is 3.42. The monoisotopic (exact) mass is 247 g/mol. The summed E-state index contributed by atoms with van der Waals surface area (Å²) in [5.41, 5.74) is 3.20. The molecule has 1 unspecified atom stereocenters. The van der Waals surface area contributed by atoms with Crippen LogP contribution in [0.2, 0.25) is 0 Å². The van der Waals surface area contributed by atoms with Crippen molar-refractivity contribution in [3.63, 3.8) is 0 Å². The number of benzene rings is 1. The molecule has 1 atom stereocenters. The zero-order valence-corrected chi connectivity index (χ0v) is 10.4. The van der Waals surface area contributed by atoms with Gasteiger partial charge >= 0.3 is 5.97 Å². The third-order valence-electron chi connectivity index (χ3n) is 3.42. The van der Waals surface area contributed by atoms with E-state index >= 15 is 0 Å². The Morgan fingerprint density at radius 2 is 2.00 bits per heavy atom. The van der Waals surface area contributed by atoms with E-state index in [1.807, 2.05) is 12.1 Å². The molecule has 4 heteroatoms. The van der Waals surface area contributed by atoms with Crippen LogP contribution in [0.4, 0.5) is 5.69 Å². The molecule has 96 valence electrons. The van der Waals surface area contributed by atoms with E-state index in [1.54, 1.807) is 0 Å². The molecule has 1 aromatic carbocycles. The average Bonchev–Trinajstić information content (AvgIpc) is 2.38. The van der Waals surface area contributed by atoms with E-state index in [0.29, 0.717) is 0 Å². The molecular weight excluding hydrogens is 230 g/mol. The number of anilines is 1. The fourth-order valence-electron chi connectivity index (χ4n) is 2.25. The normalized spacial score (nSPS) is 15.6. The maximum atomic E-state index is 11.7. The first-order valence-corrected chi connectivity index (χ1v) is 6.24. The van der Waals surface area contributed by atoms with Crippen molar-refractivity contribution >= 4 is 17.6 Å². The van der Waals surface area contributed by atoms with E-state index in [9.17, 15) is 9.59 Å². The van der Waals surface area contributed by atoms with Gasteiger partial charge in [0, 0.05) is 5.69 Å². The highest BCUT2D eigenvalue weighted by atomic mass is 16.4. The second-order valence-corrected chi connectivity index (χ2v) is 4.70. The van der Waals surface area contributed by atoms with E-state index < -0.39 is 17.8 Å². The Kier molecular flexibility index (Phi) is 3.65. The lowest BCUT2D eigenvalue weighted by Gasteiger charge is -2.20. The lowest BCUT2D eigenvalue weighted by atomic mass is 9.90. The third kappa shape index (κ3) is 2.53. The number of aliphatic carboxylic acids is 1. The van der Waals surface area contributed by atoms with Crippen molar-refractivity contribution in [3.8, 4) is 0 Å². The predicted octanol–water partition coefficient (Wildman–Crippen LogP) is 2.22. The van der Waals surface area contributed by atoms with Gasteiger partial charge in [0.05, 0.1) is 0 Å². The van der Waals surface area contributed by atoms with Crippen LogP contribution in [0.3, 0.4) is 0 Å². The zero-order chi connectivity index (χ0) is 13.1. The lowest BCUT2D eigenvalue weighted by molar-refractivity contribution is -0.144. The van der Waals surface area contributed by atoms with Crippen LogP contribution in [0.15, 0.2) is 18.2 Å². The molecular formula is C14H17NO3. The summed E-state index contributed by atoms with van der Waals surface area (Å²) in [7, 11) is 0. The van der Waals surface area contributed by atoms with E-state index in [4.69, 9.17) is 5.11 Å². The van der Waals surface area contributed by atoms with Gasteiger partial charge in [-0.2, -0.15) is 0 Å². The fraction of sp³-hybridized carbons (Fsp3) is 0.429. The number of fused-ring (bicyclic) bond motifs is 1. The molecule has 0 heterocycles. The van der Waals surface area contributed by atoms with Crippen LogP contribution < -0.4 is 5.32 Å². The number of carboxylic acids is 1. The highest BCUT2D eigenvalue weighted by Gasteiger charge is 2.22. The van der Waals surface area contributed by atoms with Crippen molar-refractivity contribution < 1.29 is 14.7 Å². The SMILES string of the molecule is CC(C(=O)O)C(=O)Nc1cccc2c1CCCC2. The van der Waals surface area contributed by atoms with Crippen LogP contribution in [-0.4, -0.2) is 17.0 Å². The van der Waals surface area contributed by atoms with Crippen LogP contribution in [0.25, 0.3) is 0 Å². The minimum Gasteiger partial charge on any atom is -0.481 e. The van der Waals surface area contributed by atoms with Crippen molar-refractivity contribution in [2.24, 2.45) is 5.92 Å². The molecule has 1 amide bonds. The average molecular weight is 247 g/mol. The van der Waals surface area contributed by atoms with Gasteiger partial charge in [0.2, 0.25) is 5.91 Å². The molecule has 1 aliphatic rings. The van der Waals surface area contributed by atoms with Gasteiger partial charge in [-0.25, -0.2) is 0 Å². The summed E-state index contributed by atoms with van der Waals surface area (Å²) in [5, 5.41) is 11.5. The predicted molar refractivity (Wildman–Crippen MR) is 68.5 cm³/mol. The van der Waals surface area contributed by atoms with Gasteiger partial charge in [-0.15, -0.1) is 0 Å². The molecule has 4 nitrogen and oxygen atoms in total. The Morgan fingerprint density at radius 1 is 1.28 bits per heavy atom. The molecule has 0 aromatic heterocycles. The van der Waals surface area contributed by atoms with Crippen molar-refractivity contribution in [3.05, 3.63) is 29.3 Å².